The van der Waals surface area contributed by atoms with Crippen LogP contribution in [0.25, 0.3) is 0 Å². The summed E-state index contributed by atoms with van der Waals surface area (Å²) in [6.07, 6.45) is 0. The fourth-order valence-electron chi connectivity index (χ4n) is 2.87. The van der Waals surface area contributed by atoms with E-state index < -0.39 is 0 Å². The minimum absolute atomic E-state index is 0.223. The number of carbonyl (C=O) groups is 2. The lowest BCUT2D eigenvalue weighted by Gasteiger charge is -2.21. The number of nitrogens with zero attached hydrogens (tertiary/aromatic N) is 1. The molecule has 0 radical (unpaired) electrons. The Bertz CT molecular complexity index is 751. The maximum atomic E-state index is 12.2. The molecule has 0 fully saturated rings. The van der Waals surface area contributed by atoms with Gasteiger partial charge in [0.15, 0.2) is 12.3 Å². The van der Waals surface area contributed by atoms with Crippen LogP contribution >= 0.6 is 0 Å². The van der Waals surface area contributed by atoms with Gasteiger partial charge in [-0.2, -0.15) is 0 Å². The first-order chi connectivity index (χ1) is 12.9. The second-order valence-electron chi connectivity index (χ2n) is 6.54. The number of aryl methyl sites for hydroxylation is 1. The van der Waals surface area contributed by atoms with E-state index >= 15 is 0 Å². The van der Waals surface area contributed by atoms with Crippen molar-refractivity contribution in [2.45, 2.75) is 27.3 Å². The number of nitrogens with one attached hydrogen (secondary N) is 3. The molecule has 0 spiro atoms. The maximum absolute atomic E-state index is 12.2. The normalized spacial score (nSPS) is 11.7. The van der Waals surface area contributed by atoms with Gasteiger partial charge in [0.1, 0.15) is 12.3 Å². The summed E-state index contributed by atoms with van der Waals surface area (Å²) in [6.45, 7) is 8.70. The Kier molecular flexibility index (Phi) is 7.43. The first-order valence-corrected chi connectivity index (χ1v) is 9.23. The van der Waals surface area contributed by atoms with Gasteiger partial charge in [-0.3, -0.25) is 20.4 Å². The molecule has 146 valence electrons. The van der Waals surface area contributed by atoms with Crippen molar-refractivity contribution in [3.63, 3.8) is 0 Å². The minimum Gasteiger partial charge on any atom is -0.460 e. The molecule has 2 rings (SSSR count). The summed E-state index contributed by atoms with van der Waals surface area (Å²) in [7, 11) is 1.89. The quantitative estimate of drug-likeness (QED) is 0.601. The van der Waals surface area contributed by atoms with Crippen molar-refractivity contribution >= 4 is 17.5 Å². The molecule has 0 aliphatic heterocycles. The van der Waals surface area contributed by atoms with Crippen LogP contribution in [-0.2, 0) is 11.3 Å². The van der Waals surface area contributed by atoms with E-state index in [1.165, 1.54) is 0 Å². The molecule has 0 saturated carbocycles. The number of hydrazine groups is 1. The first-order valence-electron chi connectivity index (χ1n) is 9.23. The van der Waals surface area contributed by atoms with Gasteiger partial charge < -0.3 is 14.2 Å². The fourth-order valence-corrected chi connectivity index (χ4v) is 2.87. The van der Waals surface area contributed by atoms with E-state index in [1.807, 2.05) is 38.2 Å². The number of carbonyl (C=O) groups excluding carboxylic acids is 2. The summed E-state index contributed by atoms with van der Waals surface area (Å²) in [5.41, 5.74) is 6.49. The average Bonchev–Trinajstić information content (AvgIpc) is 3.05. The van der Waals surface area contributed by atoms with E-state index in [9.17, 15) is 9.59 Å². The molecule has 1 atom stereocenters. The topological polar surface area (TPSA) is 79.0 Å². The van der Waals surface area contributed by atoms with Gasteiger partial charge in [0.2, 0.25) is 0 Å². The van der Waals surface area contributed by atoms with Crippen molar-refractivity contribution in [2.75, 3.05) is 31.6 Å². The average molecular weight is 373 g/mol. The Balaban J connectivity index is 1.79. The molecule has 0 bridgehead atoms. The standard InChI is InChI=1S/C20H28N4O3/c1-5-24(6-2)17-10-8-16(9-11-17)20(26)22-21-19(25)14-23(4)13-18-12-7-15(3)27-18/h7-12H,5-6,13-14H2,1-4H3,(H,21,25)(H,22,26)/p+1. The highest BCUT2D eigenvalue weighted by atomic mass is 16.3. The number of likely N-dealkylation sites (N-methyl/N-ethyl adjacent to an activating group) is 1. The number of rotatable bonds is 8. The van der Waals surface area contributed by atoms with Crippen molar-refractivity contribution < 1.29 is 18.9 Å². The lowest BCUT2D eigenvalue weighted by atomic mass is 10.2. The van der Waals surface area contributed by atoms with E-state index in [0.717, 1.165) is 35.2 Å². The molecule has 1 aromatic carbocycles. The van der Waals surface area contributed by atoms with Crippen molar-refractivity contribution in [1.82, 2.24) is 10.9 Å². The Morgan fingerprint density at radius 1 is 1.04 bits per heavy atom. The van der Waals surface area contributed by atoms with Crippen LogP contribution < -0.4 is 20.7 Å². The molecule has 7 heteroatoms. The number of benzene rings is 1. The molecule has 27 heavy (non-hydrogen) atoms. The second kappa shape index (κ2) is 9.78. The molecule has 1 unspecified atom stereocenters. The molecule has 1 aromatic heterocycles. The highest BCUT2D eigenvalue weighted by Crippen LogP contribution is 2.14. The Morgan fingerprint density at radius 3 is 2.26 bits per heavy atom. The van der Waals surface area contributed by atoms with Crippen LogP contribution in [0.1, 0.15) is 35.7 Å². The third-order valence-electron chi connectivity index (χ3n) is 4.31. The molecular formula is C20H29N4O3+. The van der Waals surface area contributed by atoms with Gasteiger partial charge in [0.25, 0.3) is 11.8 Å². The van der Waals surface area contributed by atoms with E-state index in [-0.39, 0.29) is 18.4 Å². The van der Waals surface area contributed by atoms with Crippen molar-refractivity contribution in [1.29, 1.82) is 0 Å². The summed E-state index contributed by atoms with van der Waals surface area (Å²) < 4.78 is 5.51. The molecule has 3 N–H and O–H groups in total. The second-order valence-corrected chi connectivity index (χ2v) is 6.54. The van der Waals surface area contributed by atoms with Crippen LogP contribution in [0.5, 0.6) is 0 Å². The van der Waals surface area contributed by atoms with Crippen molar-refractivity contribution in [3.8, 4) is 0 Å². The van der Waals surface area contributed by atoms with Crippen LogP contribution in [0.3, 0.4) is 0 Å². The molecule has 0 saturated heterocycles. The zero-order valence-corrected chi connectivity index (χ0v) is 16.5. The van der Waals surface area contributed by atoms with Gasteiger partial charge in [-0.15, -0.1) is 0 Å². The van der Waals surface area contributed by atoms with Crippen molar-refractivity contribution in [3.05, 3.63) is 53.5 Å². The molecule has 2 amide bonds. The SMILES string of the molecule is CCN(CC)c1ccc(C(=O)NNC(=O)C[NH+](C)Cc2ccc(C)o2)cc1. The molecule has 0 aliphatic rings. The summed E-state index contributed by atoms with van der Waals surface area (Å²) in [4.78, 5) is 27.4. The van der Waals surface area contributed by atoms with E-state index in [1.54, 1.807) is 12.1 Å². The number of hydrogen-bond acceptors (Lipinski definition) is 4. The smallest absolute Gasteiger partial charge is 0.293 e. The zero-order chi connectivity index (χ0) is 19.8. The van der Waals surface area contributed by atoms with Crippen LogP contribution in [0.4, 0.5) is 5.69 Å². The Hall–Kier alpha value is -2.80. The summed E-state index contributed by atoms with van der Waals surface area (Å²) >= 11 is 0. The zero-order valence-electron chi connectivity index (χ0n) is 16.5. The van der Waals surface area contributed by atoms with Crippen LogP contribution in [-0.4, -0.2) is 38.5 Å². The number of quaternary nitrogens is 1. The van der Waals surface area contributed by atoms with Crippen LogP contribution in [0.2, 0.25) is 0 Å². The largest absolute Gasteiger partial charge is 0.460 e. The highest BCUT2D eigenvalue weighted by Gasteiger charge is 2.14. The number of amides is 2. The van der Waals surface area contributed by atoms with Gasteiger partial charge in [0, 0.05) is 24.3 Å². The van der Waals surface area contributed by atoms with Crippen molar-refractivity contribution in [2.24, 2.45) is 0 Å². The first kappa shape index (κ1) is 20.5. The Labute approximate surface area is 160 Å². The fraction of sp³-hybridized carbons (Fsp3) is 0.400. The van der Waals surface area contributed by atoms with Gasteiger partial charge in [-0.1, -0.05) is 0 Å². The maximum Gasteiger partial charge on any atom is 0.293 e. The van der Waals surface area contributed by atoms with Gasteiger partial charge in [0.05, 0.1) is 7.05 Å². The van der Waals surface area contributed by atoms with Gasteiger partial charge in [-0.25, -0.2) is 0 Å². The molecular weight excluding hydrogens is 344 g/mol. The highest BCUT2D eigenvalue weighted by molar-refractivity contribution is 5.95. The van der Waals surface area contributed by atoms with E-state index in [4.69, 9.17) is 4.42 Å². The summed E-state index contributed by atoms with van der Waals surface area (Å²) in [5.74, 6) is 1.08. The van der Waals surface area contributed by atoms with Crippen LogP contribution in [0, 0.1) is 6.92 Å². The molecule has 2 aromatic rings. The Morgan fingerprint density at radius 2 is 1.70 bits per heavy atom. The molecule has 0 aliphatic carbocycles. The predicted molar refractivity (Wildman–Crippen MR) is 105 cm³/mol. The third kappa shape index (κ3) is 6.14. The molecule has 7 nitrogen and oxygen atoms in total. The van der Waals surface area contributed by atoms with Crippen LogP contribution in [0.15, 0.2) is 40.8 Å². The molecule has 1 heterocycles. The van der Waals surface area contributed by atoms with Gasteiger partial charge >= 0.3 is 0 Å². The monoisotopic (exact) mass is 373 g/mol. The number of furan rings is 1. The summed E-state index contributed by atoms with van der Waals surface area (Å²) in [5, 5.41) is 0. The number of hydrogen-bond donors (Lipinski definition) is 3. The lowest BCUT2D eigenvalue weighted by molar-refractivity contribution is -0.886. The minimum atomic E-state index is -0.339. The predicted octanol–water partition coefficient (Wildman–Crippen LogP) is 0.910. The van der Waals surface area contributed by atoms with E-state index in [0.29, 0.717) is 12.1 Å². The van der Waals surface area contributed by atoms with E-state index in [2.05, 4.69) is 29.6 Å². The van der Waals surface area contributed by atoms with Gasteiger partial charge in [-0.05, 0) is 57.2 Å². The number of anilines is 1. The lowest BCUT2D eigenvalue weighted by Crippen LogP contribution is -3.09. The summed E-state index contributed by atoms with van der Waals surface area (Å²) in [6, 6.07) is 11.1. The third-order valence-corrected chi connectivity index (χ3v) is 4.31.